The highest BCUT2D eigenvalue weighted by molar-refractivity contribution is 5.92. The second-order valence-corrected chi connectivity index (χ2v) is 3.18. The Hall–Kier alpha value is -1.55. The Morgan fingerprint density at radius 3 is 2.43 bits per heavy atom. The van der Waals surface area contributed by atoms with Crippen molar-refractivity contribution in [1.82, 2.24) is 0 Å². The largest absolute Gasteiger partial charge is 0.492 e. The summed E-state index contributed by atoms with van der Waals surface area (Å²) in [4.78, 5) is 10.7. The van der Waals surface area contributed by atoms with Crippen molar-refractivity contribution >= 4 is 5.91 Å². The zero-order valence-corrected chi connectivity index (χ0v) is 8.07. The minimum absolute atomic E-state index is 0.00850. The lowest BCUT2D eigenvalue weighted by Gasteiger charge is -2.08. The second kappa shape index (κ2) is 4.62. The van der Waals surface area contributed by atoms with Crippen LogP contribution in [-0.2, 0) is 0 Å². The van der Waals surface area contributed by atoms with E-state index in [9.17, 15) is 4.79 Å². The van der Waals surface area contributed by atoms with Crippen LogP contribution in [0.15, 0.2) is 24.3 Å². The molecule has 14 heavy (non-hydrogen) atoms. The van der Waals surface area contributed by atoms with Crippen LogP contribution >= 0.6 is 0 Å². The van der Waals surface area contributed by atoms with E-state index in [1.807, 2.05) is 6.92 Å². The third-order valence-electron chi connectivity index (χ3n) is 1.65. The Balaban J connectivity index is 2.60. The van der Waals surface area contributed by atoms with E-state index in [-0.39, 0.29) is 6.04 Å². The summed E-state index contributed by atoms with van der Waals surface area (Å²) in [6.45, 7) is 2.31. The molecular formula is C10H14N2O2. The molecule has 0 aliphatic heterocycles. The number of nitrogens with two attached hydrogens (primary N) is 2. The van der Waals surface area contributed by atoms with Gasteiger partial charge in [-0.05, 0) is 31.2 Å². The highest BCUT2D eigenvalue weighted by Crippen LogP contribution is 2.11. The van der Waals surface area contributed by atoms with E-state index in [0.29, 0.717) is 17.9 Å². The first kappa shape index (κ1) is 10.5. The standard InChI is InChI=1S/C10H14N2O2/c1-7(11)6-14-9-4-2-8(3-5-9)10(12)13/h2-5,7H,6,11H2,1H3,(H2,12,13). The van der Waals surface area contributed by atoms with Crippen LogP contribution in [0.5, 0.6) is 5.75 Å². The Bertz CT molecular complexity index is 306. The van der Waals surface area contributed by atoms with Gasteiger partial charge in [-0.2, -0.15) is 0 Å². The van der Waals surface area contributed by atoms with Crippen molar-refractivity contribution in [2.75, 3.05) is 6.61 Å². The minimum Gasteiger partial charge on any atom is -0.492 e. The molecule has 0 heterocycles. The van der Waals surface area contributed by atoms with Crippen molar-refractivity contribution in [3.8, 4) is 5.75 Å². The van der Waals surface area contributed by atoms with Crippen LogP contribution in [0, 0.1) is 0 Å². The van der Waals surface area contributed by atoms with E-state index in [4.69, 9.17) is 16.2 Å². The normalized spacial score (nSPS) is 12.1. The van der Waals surface area contributed by atoms with E-state index in [1.54, 1.807) is 24.3 Å². The monoisotopic (exact) mass is 194 g/mol. The molecule has 4 nitrogen and oxygen atoms in total. The molecule has 1 aromatic rings. The summed E-state index contributed by atoms with van der Waals surface area (Å²) < 4.78 is 5.33. The van der Waals surface area contributed by atoms with Gasteiger partial charge in [-0.15, -0.1) is 0 Å². The van der Waals surface area contributed by atoms with Crippen molar-refractivity contribution in [1.29, 1.82) is 0 Å². The summed E-state index contributed by atoms with van der Waals surface area (Å²) in [5.41, 5.74) is 11.1. The fraction of sp³-hybridized carbons (Fsp3) is 0.300. The molecule has 76 valence electrons. The van der Waals surface area contributed by atoms with Gasteiger partial charge in [0, 0.05) is 11.6 Å². The third kappa shape index (κ3) is 3.06. The molecule has 1 unspecified atom stereocenters. The predicted molar refractivity (Wildman–Crippen MR) is 54.1 cm³/mol. The van der Waals surface area contributed by atoms with Crippen molar-refractivity contribution in [2.24, 2.45) is 11.5 Å². The summed E-state index contributed by atoms with van der Waals surface area (Å²) >= 11 is 0. The number of amides is 1. The molecule has 0 aliphatic rings. The number of rotatable bonds is 4. The van der Waals surface area contributed by atoms with Crippen molar-refractivity contribution in [2.45, 2.75) is 13.0 Å². The molecule has 0 aliphatic carbocycles. The molecular weight excluding hydrogens is 180 g/mol. The van der Waals surface area contributed by atoms with Gasteiger partial charge >= 0.3 is 0 Å². The average Bonchev–Trinajstić information content (AvgIpc) is 2.15. The molecule has 0 bridgehead atoms. The SMILES string of the molecule is CC(N)COc1ccc(C(N)=O)cc1. The van der Waals surface area contributed by atoms with Crippen molar-refractivity contribution < 1.29 is 9.53 Å². The highest BCUT2D eigenvalue weighted by Gasteiger charge is 2.00. The fourth-order valence-electron chi connectivity index (χ4n) is 0.943. The van der Waals surface area contributed by atoms with Gasteiger partial charge in [-0.25, -0.2) is 0 Å². The Kier molecular flexibility index (Phi) is 3.48. The summed E-state index contributed by atoms with van der Waals surface area (Å²) in [5, 5.41) is 0. The number of carbonyl (C=O) groups excluding carboxylic acids is 1. The average molecular weight is 194 g/mol. The summed E-state index contributed by atoms with van der Waals surface area (Å²) in [7, 11) is 0. The molecule has 0 saturated heterocycles. The van der Waals surface area contributed by atoms with Gasteiger partial charge in [0.15, 0.2) is 0 Å². The predicted octanol–water partition coefficient (Wildman–Crippen LogP) is 0.511. The number of carbonyl (C=O) groups is 1. The minimum atomic E-state index is -0.441. The first-order valence-corrected chi connectivity index (χ1v) is 4.38. The number of primary amides is 1. The smallest absolute Gasteiger partial charge is 0.248 e. The molecule has 1 rings (SSSR count). The van der Waals surface area contributed by atoms with Crippen molar-refractivity contribution in [3.05, 3.63) is 29.8 Å². The van der Waals surface area contributed by atoms with E-state index in [1.165, 1.54) is 0 Å². The maximum absolute atomic E-state index is 10.7. The summed E-state index contributed by atoms with van der Waals surface area (Å²) in [6.07, 6.45) is 0. The first-order valence-electron chi connectivity index (χ1n) is 4.38. The van der Waals surface area contributed by atoms with Crippen LogP contribution in [-0.4, -0.2) is 18.6 Å². The van der Waals surface area contributed by atoms with Crippen molar-refractivity contribution in [3.63, 3.8) is 0 Å². The van der Waals surface area contributed by atoms with E-state index in [0.717, 1.165) is 0 Å². The van der Waals surface area contributed by atoms with Crippen LogP contribution < -0.4 is 16.2 Å². The molecule has 4 N–H and O–H groups in total. The Morgan fingerprint density at radius 2 is 2.00 bits per heavy atom. The van der Waals surface area contributed by atoms with Gasteiger partial charge in [0.25, 0.3) is 0 Å². The molecule has 0 aromatic heterocycles. The molecule has 0 saturated carbocycles. The summed E-state index contributed by atoms with van der Waals surface area (Å²) in [5.74, 6) is 0.246. The van der Waals surface area contributed by atoms with Crippen LogP contribution in [0.1, 0.15) is 17.3 Å². The maximum Gasteiger partial charge on any atom is 0.248 e. The van der Waals surface area contributed by atoms with Gasteiger partial charge < -0.3 is 16.2 Å². The highest BCUT2D eigenvalue weighted by atomic mass is 16.5. The molecule has 0 radical (unpaired) electrons. The lowest BCUT2D eigenvalue weighted by Crippen LogP contribution is -2.23. The van der Waals surface area contributed by atoms with E-state index >= 15 is 0 Å². The van der Waals surface area contributed by atoms with Crippen LogP contribution in [0.25, 0.3) is 0 Å². The molecule has 0 spiro atoms. The summed E-state index contributed by atoms with van der Waals surface area (Å²) in [6, 6.07) is 6.63. The van der Waals surface area contributed by atoms with Crippen LogP contribution in [0.3, 0.4) is 0 Å². The lowest BCUT2D eigenvalue weighted by molar-refractivity contribution is 0.100. The van der Waals surface area contributed by atoms with E-state index < -0.39 is 5.91 Å². The third-order valence-corrected chi connectivity index (χ3v) is 1.65. The fourth-order valence-corrected chi connectivity index (χ4v) is 0.943. The van der Waals surface area contributed by atoms with Gasteiger partial charge in [-0.1, -0.05) is 0 Å². The molecule has 1 atom stereocenters. The number of hydrogen-bond donors (Lipinski definition) is 2. The Labute approximate surface area is 82.8 Å². The molecule has 1 amide bonds. The Morgan fingerprint density at radius 1 is 1.43 bits per heavy atom. The van der Waals surface area contributed by atoms with Gasteiger partial charge in [0.1, 0.15) is 12.4 Å². The number of benzene rings is 1. The van der Waals surface area contributed by atoms with Crippen LogP contribution in [0.2, 0.25) is 0 Å². The molecule has 4 heteroatoms. The number of hydrogen-bond acceptors (Lipinski definition) is 3. The first-order chi connectivity index (χ1) is 6.59. The quantitative estimate of drug-likeness (QED) is 0.733. The topological polar surface area (TPSA) is 78.3 Å². The lowest BCUT2D eigenvalue weighted by atomic mass is 10.2. The zero-order chi connectivity index (χ0) is 10.6. The second-order valence-electron chi connectivity index (χ2n) is 3.18. The number of ether oxygens (including phenoxy) is 1. The van der Waals surface area contributed by atoms with Gasteiger partial charge in [0.05, 0.1) is 0 Å². The van der Waals surface area contributed by atoms with Crippen LogP contribution in [0.4, 0.5) is 0 Å². The molecule has 1 aromatic carbocycles. The maximum atomic E-state index is 10.7. The van der Waals surface area contributed by atoms with E-state index in [2.05, 4.69) is 0 Å². The zero-order valence-electron chi connectivity index (χ0n) is 8.07. The molecule has 0 fully saturated rings. The van der Waals surface area contributed by atoms with Gasteiger partial charge in [-0.3, -0.25) is 4.79 Å². The van der Waals surface area contributed by atoms with Gasteiger partial charge in [0.2, 0.25) is 5.91 Å².